The normalized spacial score (nSPS) is 18.1. The van der Waals surface area contributed by atoms with Crippen molar-refractivity contribution < 1.29 is 23.7 Å². The van der Waals surface area contributed by atoms with Gasteiger partial charge in [0.1, 0.15) is 19.3 Å². The van der Waals surface area contributed by atoms with Gasteiger partial charge in [0, 0.05) is 24.4 Å². The van der Waals surface area contributed by atoms with Crippen molar-refractivity contribution in [2.75, 3.05) is 31.8 Å². The number of amides is 1. The number of nitrogens with zero attached hydrogens (tertiary/aromatic N) is 3. The highest BCUT2D eigenvalue weighted by molar-refractivity contribution is 5.90. The van der Waals surface area contributed by atoms with Crippen LogP contribution in [0, 0.1) is 0 Å². The van der Waals surface area contributed by atoms with Crippen LogP contribution in [0.3, 0.4) is 0 Å². The lowest BCUT2D eigenvalue weighted by Gasteiger charge is -2.21. The van der Waals surface area contributed by atoms with Crippen molar-refractivity contribution in [2.24, 2.45) is 5.73 Å². The lowest BCUT2D eigenvalue weighted by molar-refractivity contribution is 0.135. The van der Waals surface area contributed by atoms with Crippen LogP contribution in [0.2, 0.25) is 0 Å². The fourth-order valence-electron chi connectivity index (χ4n) is 4.41. The number of hydrogen-bond donors (Lipinski definition) is 1. The fraction of sp³-hybridized carbons (Fsp3) is 0.400. The molecule has 0 saturated carbocycles. The zero-order chi connectivity index (χ0) is 23.5. The molecule has 1 aromatic carbocycles. The molecule has 5 rings (SSSR count). The van der Waals surface area contributed by atoms with Crippen LogP contribution in [0.25, 0.3) is 11.0 Å². The quantitative estimate of drug-likeness (QED) is 0.499. The topological polar surface area (TPSA) is 109 Å². The molecule has 3 aromatic rings. The molecule has 0 bridgehead atoms. The van der Waals surface area contributed by atoms with Crippen molar-refractivity contribution in [1.29, 1.82) is 0 Å². The molecule has 34 heavy (non-hydrogen) atoms. The molecule has 0 aliphatic carbocycles. The number of aromatic nitrogens is 2. The molecule has 1 saturated heterocycles. The number of carbonyl (C=O) groups excluding carboxylic acids is 1. The Bertz CT molecular complexity index is 1190. The van der Waals surface area contributed by atoms with Crippen molar-refractivity contribution in [2.45, 2.75) is 37.8 Å². The first-order valence-electron chi connectivity index (χ1n) is 11.6. The molecule has 9 nitrogen and oxygen atoms in total. The van der Waals surface area contributed by atoms with Crippen molar-refractivity contribution in [3.05, 3.63) is 48.2 Å². The molecule has 2 aliphatic rings. The average Bonchev–Trinajstić information content (AvgIpc) is 3.25. The number of pyridine rings is 2. The lowest BCUT2D eigenvalue weighted by atomic mass is 9.99. The van der Waals surface area contributed by atoms with Crippen LogP contribution >= 0.6 is 0 Å². The van der Waals surface area contributed by atoms with Crippen molar-refractivity contribution in [3.63, 3.8) is 0 Å². The largest absolute Gasteiger partial charge is 0.486 e. The maximum Gasteiger partial charge on any atom is 0.414 e. The van der Waals surface area contributed by atoms with E-state index in [1.165, 1.54) is 0 Å². The van der Waals surface area contributed by atoms with E-state index in [2.05, 4.69) is 9.97 Å². The van der Waals surface area contributed by atoms with Gasteiger partial charge in [-0.25, -0.2) is 9.78 Å². The molecule has 4 heterocycles. The van der Waals surface area contributed by atoms with Crippen LogP contribution in [0.4, 0.5) is 10.5 Å². The Labute approximate surface area is 197 Å². The maximum atomic E-state index is 12.4. The van der Waals surface area contributed by atoms with E-state index in [9.17, 15) is 4.79 Å². The third kappa shape index (κ3) is 4.56. The summed E-state index contributed by atoms with van der Waals surface area (Å²) in [6, 6.07) is 11.0. The van der Waals surface area contributed by atoms with Gasteiger partial charge in [-0.15, -0.1) is 0 Å². The molecule has 2 aliphatic heterocycles. The molecule has 0 spiro atoms. The monoisotopic (exact) mass is 464 g/mol. The van der Waals surface area contributed by atoms with E-state index >= 15 is 0 Å². The first kappa shape index (κ1) is 22.2. The number of ether oxygens (including phenoxy) is 4. The Morgan fingerprint density at radius 2 is 2.00 bits per heavy atom. The molecular formula is C25H28N4O5. The zero-order valence-electron chi connectivity index (χ0n) is 19.1. The molecule has 1 amide bonds. The van der Waals surface area contributed by atoms with Gasteiger partial charge in [0.2, 0.25) is 5.88 Å². The standard InChI is InChI=1S/C25H28N4O5/c1-31-23-9-7-20-24(28-23)18(10-11-27-20)19(26)5-3-2-4-17-15-29(25(30)34-17)16-6-8-21-22(14-16)33-13-12-32-21/h6-11,14,17,19H,2-5,12-13,15,26H2,1H3/t17-,19+/m0/s1. The van der Waals surface area contributed by atoms with E-state index in [1.54, 1.807) is 24.3 Å². The van der Waals surface area contributed by atoms with Crippen molar-refractivity contribution >= 4 is 22.8 Å². The number of hydrogen-bond acceptors (Lipinski definition) is 8. The fourth-order valence-corrected chi connectivity index (χ4v) is 4.41. The second-order valence-corrected chi connectivity index (χ2v) is 8.46. The third-order valence-corrected chi connectivity index (χ3v) is 6.20. The van der Waals surface area contributed by atoms with Crippen LogP contribution in [0.15, 0.2) is 42.6 Å². The number of rotatable bonds is 8. The van der Waals surface area contributed by atoms with E-state index < -0.39 is 0 Å². The van der Waals surface area contributed by atoms with Crippen molar-refractivity contribution in [1.82, 2.24) is 9.97 Å². The summed E-state index contributed by atoms with van der Waals surface area (Å²) < 4.78 is 22.0. The molecular weight excluding hydrogens is 436 g/mol. The van der Waals surface area contributed by atoms with Crippen molar-refractivity contribution in [3.8, 4) is 17.4 Å². The molecule has 2 atom stereocenters. The van der Waals surface area contributed by atoms with Crippen LogP contribution in [-0.4, -0.2) is 49.0 Å². The lowest BCUT2D eigenvalue weighted by Crippen LogP contribution is -2.25. The Balaban J connectivity index is 1.14. The van der Waals surface area contributed by atoms with Gasteiger partial charge < -0.3 is 24.7 Å². The summed E-state index contributed by atoms with van der Waals surface area (Å²) in [4.78, 5) is 23.0. The SMILES string of the molecule is COc1ccc2nccc([C@H](N)CCCC[C@H]3CN(c4ccc5c(c4)OCCO5)C(=O)O3)c2n1. The molecule has 2 aromatic heterocycles. The number of cyclic esters (lactones) is 1. The second kappa shape index (κ2) is 9.72. The summed E-state index contributed by atoms with van der Waals surface area (Å²) in [6.45, 7) is 1.56. The first-order chi connectivity index (χ1) is 16.6. The highest BCUT2D eigenvalue weighted by Gasteiger charge is 2.32. The van der Waals surface area contributed by atoms with Crippen LogP contribution in [-0.2, 0) is 4.74 Å². The van der Waals surface area contributed by atoms with E-state index in [1.807, 2.05) is 30.3 Å². The van der Waals surface area contributed by atoms with Crippen LogP contribution in [0.5, 0.6) is 17.4 Å². The summed E-state index contributed by atoms with van der Waals surface area (Å²) in [5, 5.41) is 0. The van der Waals surface area contributed by atoms with E-state index in [4.69, 9.17) is 24.7 Å². The van der Waals surface area contributed by atoms with E-state index in [0.717, 1.165) is 48.0 Å². The van der Waals surface area contributed by atoms with E-state index in [-0.39, 0.29) is 18.2 Å². The number of unbranched alkanes of at least 4 members (excludes halogenated alkanes) is 1. The molecule has 0 radical (unpaired) electrons. The summed E-state index contributed by atoms with van der Waals surface area (Å²) in [5.41, 5.74) is 9.78. The minimum atomic E-state index is -0.332. The third-order valence-electron chi connectivity index (χ3n) is 6.20. The van der Waals surface area contributed by atoms with Gasteiger partial charge in [0.05, 0.1) is 30.4 Å². The van der Waals surface area contributed by atoms with Crippen LogP contribution < -0.4 is 24.8 Å². The molecule has 2 N–H and O–H groups in total. The second-order valence-electron chi connectivity index (χ2n) is 8.46. The van der Waals surface area contributed by atoms with E-state index in [0.29, 0.717) is 37.1 Å². The molecule has 1 fully saturated rings. The Hall–Kier alpha value is -3.59. The smallest absolute Gasteiger partial charge is 0.414 e. The summed E-state index contributed by atoms with van der Waals surface area (Å²) >= 11 is 0. The first-order valence-corrected chi connectivity index (χ1v) is 11.6. The summed E-state index contributed by atoms with van der Waals surface area (Å²) in [7, 11) is 1.59. The number of carbonyl (C=O) groups is 1. The number of fused-ring (bicyclic) bond motifs is 2. The Morgan fingerprint density at radius 1 is 1.15 bits per heavy atom. The molecule has 0 unspecified atom stereocenters. The number of methoxy groups -OCH3 is 1. The number of benzene rings is 1. The molecule has 9 heteroatoms. The average molecular weight is 465 g/mol. The predicted molar refractivity (Wildman–Crippen MR) is 127 cm³/mol. The summed E-state index contributed by atoms with van der Waals surface area (Å²) in [5.74, 6) is 1.90. The Kier molecular flexibility index (Phi) is 6.35. The number of nitrogens with two attached hydrogens (primary N) is 1. The van der Waals surface area contributed by atoms with Crippen LogP contribution in [0.1, 0.15) is 37.3 Å². The maximum absolute atomic E-state index is 12.4. The predicted octanol–water partition coefficient (Wildman–Crippen LogP) is 4.00. The van der Waals surface area contributed by atoms with Gasteiger partial charge >= 0.3 is 6.09 Å². The number of anilines is 1. The Morgan fingerprint density at radius 3 is 2.85 bits per heavy atom. The zero-order valence-corrected chi connectivity index (χ0v) is 19.1. The molecule has 178 valence electrons. The van der Waals surface area contributed by atoms with Gasteiger partial charge in [-0.1, -0.05) is 6.42 Å². The van der Waals surface area contributed by atoms with Gasteiger partial charge in [-0.2, -0.15) is 0 Å². The van der Waals surface area contributed by atoms with Gasteiger partial charge in [0.25, 0.3) is 0 Å². The van der Waals surface area contributed by atoms with Gasteiger partial charge in [-0.05, 0) is 49.1 Å². The highest BCUT2D eigenvalue weighted by Crippen LogP contribution is 2.35. The highest BCUT2D eigenvalue weighted by atomic mass is 16.6. The van der Waals surface area contributed by atoms with Gasteiger partial charge in [-0.3, -0.25) is 9.88 Å². The van der Waals surface area contributed by atoms with Gasteiger partial charge in [0.15, 0.2) is 11.5 Å². The minimum absolute atomic E-state index is 0.149. The minimum Gasteiger partial charge on any atom is -0.486 e. The summed E-state index contributed by atoms with van der Waals surface area (Å²) in [6.07, 6.45) is 4.67.